The van der Waals surface area contributed by atoms with Gasteiger partial charge in [-0.15, -0.1) is 0 Å². The number of amides is 1. The van der Waals surface area contributed by atoms with Crippen LogP contribution in [0.25, 0.3) is 0 Å². The van der Waals surface area contributed by atoms with Gasteiger partial charge < -0.3 is 20.1 Å². The summed E-state index contributed by atoms with van der Waals surface area (Å²) in [6, 6.07) is 22.7. The molecule has 1 heterocycles. The highest BCUT2D eigenvalue weighted by atomic mass is 35.5. The first-order valence-electron chi connectivity index (χ1n) is 9.87. The van der Waals surface area contributed by atoms with Gasteiger partial charge in [0.2, 0.25) is 0 Å². The predicted octanol–water partition coefficient (Wildman–Crippen LogP) is 4.56. The van der Waals surface area contributed by atoms with Gasteiger partial charge in [-0.25, -0.2) is 0 Å². The van der Waals surface area contributed by atoms with Gasteiger partial charge in [0, 0.05) is 18.0 Å². The van der Waals surface area contributed by atoms with Crippen LogP contribution >= 0.6 is 11.6 Å². The van der Waals surface area contributed by atoms with Gasteiger partial charge in [-0.1, -0.05) is 48.0 Å². The minimum atomic E-state index is -0.609. The Kier molecular flexibility index (Phi) is 6.21. The van der Waals surface area contributed by atoms with E-state index in [1.807, 2.05) is 72.8 Å². The van der Waals surface area contributed by atoms with Crippen molar-refractivity contribution in [2.45, 2.75) is 25.6 Å². The quantitative estimate of drug-likeness (QED) is 0.606. The molecule has 0 saturated heterocycles. The Morgan fingerprint density at radius 2 is 1.80 bits per heavy atom. The molecule has 0 radical (unpaired) electrons. The fourth-order valence-corrected chi connectivity index (χ4v) is 3.66. The molecule has 6 heteroatoms. The van der Waals surface area contributed by atoms with Gasteiger partial charge in [0.05, 0.1) is 18.8 Å². The molecule has 1 aliphatic rings. The molecule has 1 unspecified atom stereocenters. The lowest BCUT2D eigenvalue weighted by Crippen LogP contribution is -2.46. The standard InChI is InChI=1S/C24H23ClN2O3/c25-19-5-3-4-18(14-19)16-27-21-6-1-2-7-22(21)30-23(24(27)28)12-13-29-20-10-8-17(15-26)9-11-20/h1-11,14,23H,12-13,15-16,26H2. The smallest absolute Gasteiger partial charge is 0.268 e. The minimum absolute atomic E-state index is 0.0873. The van der Waals surface area contributed by atoms with Crippen LogP contribution in [0.3, 0.4) is 0 Å². The molecule has 1 amide bonds. The zero-order valence-electron chi connectivity index (χ0n) is 16.5. The number of carbonyl (C=O) groups excluding carboxylic acids is 1. The number of carbonyl (C=O) groups is 1. The molecule has 0 spiro atoms. The van der Waals surface area contributed by atoms with Crippen LogP contribution in [-0.2, 0) is 17.9 Å². The third-order valence-electron chi connectivity index (χ3n) is 5.00. The lowest BCUT2D eigenvalue weighted by Gasteiger charge is -2.34. The number of rotatable bonds is 7. The number of halogens is 1. The van der Waals surface area contributed by atoms with Crippen molar-refractivity contribution in [1.29, 1.82) is 0 Å². The third kappa shape index (κ3) is 4.58. The first kappa shape index (κ1) is 20.3. The van der Waals surface area contributed by atoms with Crippen LogP contribution in [-0.4, -0.2) is 18.6 Å². The van der Waals surface area contributed by atoms with Crippen molar-refractivity contribution < 1.29 is 14.3 Å². The van der Waals surface area contributed by atoms with Gasteiger partial charge in [0.1, 0.15) is 11.5 Å². The normalized spacial score (nSPS) is 15.5. The van der Waals surface area contributed by atoms with E-state index in [0.717, 1.165) is 22.6 Å². The number of para-hydroxylation sites is 2. The molecule has 0 saturated carbocycles. The van der Waals surface area contributed by atoms with Gasteiger partial charge in [-0.3, -0.25) is 4.79 Å². The Hall–Kier alpha value is -3.02. The van der Waals surface area contributed by atoms with E-state index in [1.165, 1.54) is 0 Å². The van der Waals surface area contributed by atoms with Crippen molar-refractivity contribution in [2.75, 3.05) is 11.5 Å². The Bertz CT molecular complexity index is 1020. The van der Waals surface area contributed by atoms with E-state index < -0.39 is 6.10 Å². The zero-order chi connectivity index (χ0) is 20.9. The number of fused-ring (bicyclic) bond motifs is 1. The van der Waals surface area contributed by atoms with Crippen LogP contribution in [0.4, 0.5) is 5.69 Å². The maximum Gasteiger partial charge on any atom is 0.268 e. The van der Waals surface area contributed by atoms with Crippen LogP contribution in [0, 0.1) is 0 Å². The number of hydrogen-bond acceptors (Lipinski definition) is 4. The fraction of sp³-hybridized carbons (Fsp3) is 0.208. The molecule has 154 valence electrons. The lowest BCUT2D eigenvalue weighted by molar-refractivity contribution is -0.127. The van der Waals surface area contributed by atoms with Crippen molar-refractivity contribution in [2.24, 2.45) is 5.73 Å². The molecule has 4 rings (SSSR count). The summed E-state index contributed by atoms with van der Waals surface area (Å²) < 4.78 is 11.8. The maximum atomic E-state index is 13.2. The van der Waals surface area contributed by atoms with Crippen LogP contribution in [0.1, 0.15) is 17.5 Å². The van der Waals surface area contributed by atoms with Gasteiger partial charge in [-0.2, -0.15) is 0 Å². The van der Waals surface area contributed by atoms with E-state index >= 15 is 0 Å². The summed E-state index contributed by atoms with van der Waals surface area (Å²) in [6.45, 7) is 1.29. The number of ether oxygens (including phenoxy) is 2. The molecule has 0 aromatic heterocycles. The minimum Gasteiger partial charge on any atom is -0.493 e. The van der Waals surface area contributed by atoms with E-state index in [9.17, 15) is 4.79 Å². The third-order valence-corrected chi connectivity index (χ3v) is 5.24. The van der Waals surface area contributed by atoms with Gasteiger partial charge in [0.15, 0.2) is 6.10 Å². The summed E-state index contributed by atoms with van der Waals surface area (Å²) in [7, 11) is 0. The van der Waals surface area contributed by atoms with Crippen molar-refractivity contribution >= 4 is 23.2 Å². The van der Waals surface area contributed by atoms with Crippen LogP contribution in [0.5, 0.6) is 11.5 Å². The lowest BCUT2D eigenvalue weighted by atomic mass is 10.1. The first-order chi connectivity index (χ1) is 14.6. The highest BCUT2D eigenvalue weighted by Gasteiger charge is 2.34. The highest BCUT2D eigenvalue weighted by molar-refractivity contribution is 6.30. The van der Waals surface area contributed by atoms with Crippen molar-refractivity contribution in [3.63, 3.8) is 0 Å². The van der Waals surface area contributed by atoms with Crippen LogP contribution in [0.15, 0.2) is 72.8 Å². The summed E-state index contributed by atoms with van der Waals surface area (Å²) in [5.74, 6) is 1.35. The van der Waals surface area contributed by atoms with E-state index in [2.05, 4.69) is 0 Å². The molecule has 3 aromatic carbocycles. The highest BCUT2D eigenvalue weighted by Crippen LogP contribution is 2.35. The van der Waals surface area contributed by atoms with Crippen LogP contribution in [0.2, 0.25) is 5.02 Å². The van der Waals surface area contributed by atoms with Gasteiger partial charge >= 0.3 is 0 Å². The Balaban J connectivity index is 1.47. The fourth-order valence-electron chi connectivity index (χ4n) is 3.44. The first-order valence-corrected chi connectivity index (χ1v) is 10.2. The van der Waals surface area contributed by atoms with E-state index in [4.69, 9.17) is 26.8 Å². The van der Waals surface area contributed by atoms with Crippen LogP contribution < -0.4 is 20.1 Å². The molecule has 5 nitrogen and oxygen atoms in total. The molecule has 0 fully saturated rings. The second kappa shape index (κ2) is 9.20. The molecule has 3 aromatic rings. The molecule has 2 N–H and O–H groups in total. The van der Waals surface area contributed by atoms with Crippen molar-refractivity contribution in [3.8, 4) is 11.5 Å². The van der Waals surface area contributed by atoms with Gasteiger partial charge in [-0.05, 0) is 47.5 Å². The monoisotopic (exact) mass is 422 g/mol. The molecule has 1 aliphatic heterocycles. The number of nitrogens with zero attached hydrogens (tertiary/aromatic N) is 1. The summed E-state index contributed by atoms with van der Waals surface area (Å²) in [5.41, 5.74) is 8.39. The Morgan fingerprint density at radius 3 is 2.57 bits per heavy atom. The largest absolute Gasteiger partial charge is 0.493 e. The summed E-state index contributed by atoms with van der Waals surface area (Å²) in [4.78, 5) is 15.0. The molecule has 1 atom stereocenters. The van der Waals surface area contributed by atoms with E-state index in [-0.39, 0.29) is 5.91 Å². The number of nitrogens with two attached hydrogens (primary N) is 1. The Morgan fingerprint density at radius 1 is 1.00 bits per heavy atom. The molecular weight excluding hydrogens is 400 g/mol. The average molecular weight is 423 g/mol. The van der Waals surface area contributed by atoms with E-state index in [0.29, 0.717) is 36.9 Å². The summed E-state index contributed by atoms with van der Waals surface area (Å²) in [6.07, 6.45) is -0.167. The molecular formula is C24H23ClN2O3. The van der Waals surface area contributed by atoms with Gasteiger partial charge in [0.25, 0.3) is 5.91 Å². The molecule has 30 heavy (non-hydrogen) atoms. The van der Waals surface area contributed by atoms with Crippen molar-refractivity contribution in [3.05, 3.63) is 88.9 Å². The second-order valence-electron chi connectivity index (χ2n) is 7.11. The zero-order valence-corrected chi connectivity index (χ0v) is 17.2. The summed E-state index contributed by atoms with van der Waals surface area (Å²) in [5, 5.41) is 0.645. The van der Waals surface area contributed by atoms with Crippen molar-refractivity contribution in [1.82, 2.24) is 0 Å². The molecule has 0 aliphatic carbocycles. The average Bonchev–Trinajstić information content (AvgIpc) is 2.77. The SMILES string of the molecule is NCc1ccc(OCCC2Oc3ccccc3N(Cc3cccc(Cl)c3)C2=O)cc1. The van der Waals surface area contributed by atoms with E-state index in [1.54, 1.807) is 4.90 Å². The molecule has 0 bridgehead atoms. The summed E-state index contributed by atoms with van der Waals surface area (Å²) >= 11 is 6.12. The number of anilines is 1. The number of hydrogen-bond donors (Lipinski definition) is 1. The second-order valence-corrected chi connectivity index (χ2v) is 7.55. The number of benzene rings is 3. The predicted molar refractivity (Wildman–Crippen MR) is 118 cm³/mol. The topological polar surface area (TPSA) is 64.8 Å². The Labute approximate surface area is 181 Å². The maximum absolute atomic E-state index is 13.2.